The SMILES string of the molecule is C=CCc1cc(/C=N/NC(=O)c2cc3cc(Cl)ccc3o2)cc(OCC)c1OCc1ccc(Cl)cc1Cl. The fraction of sp³-hybridized carbons (Fsp3) is 0.143. The van der Waals surface area contributed by atoms with Crippen molar-refractivity contribution in [3.05, 3.63) is 105 Å². The van der Waals surface area contributed by atoms with Crippen LogP contribution in [-0.2, 0) is 13.0 Å². The zero-order valence-electron chi connectivity index (χ0n) is 19.9. The number of amides is 1. The van der Waals surface area contributed by atoms with Crippen molar-refractivity contribution < 1.29 is 18.7 Å². The zero-order valence-corrected chi connectivity index (χ0v) is 22.2. The Kier molecular flexibility index (Phi) is 8.77. The minimum atomic E-state index is -0.486. The van der Waals surface area contributed by atoms with Gasteiger partial charge in [0, 0.05) is 31.6 Å². The Morgan fingerprint density at radius 2 is 1.81 bits per heavy atom. The molecular formula is C28H23Cl3N2O4. The van der Waals surface area contributed by atoms with Crippen molar-refractivity contribution in [1.82, 2.24) is 5.43 Å². The van der Waals surface area contributed by atoms with Crippen LogP contribution in [0, 0.1) is 0 Å². The highest BCUT2D eigenvalue weighted by molar-refractivity contribution is 6.35. The first-order valence-electron chi connectivity index (χ1n) is 11.4. The number of fused-ring (bicyclic) bond motifs is 1. The molecule has 3 aromatic carbocycles. The van der Waals surface area contributed by atoms with Crippen LogP contribution >= 0.6 is 34.8 Å². The van der Waals surface area contributed by atoms with Gasteiger partial charge < -0.3 is 13.9 Å². The standard InChI is InChI=1S/C28H23Cl3N2O4/c1-3-5-18-10-17(15-32-33-28(34)26-13-20-12-21(29)8-9-24(20)37-26)11-25(35-4-2)27(18)36-16-19-6-7-22(30)14-23(19)31/h3,6-15H,1,4-5,16H2,2H3,(H,33,34)/b32-15+. The van der Waals surface area contributed by atoms with Gasteiger partial charge in [-0.25, -0.2) is 5.43 Å². The van der Waals surface area contributed by atoms with E-state index in [-0.39, 0.29) is 12.4 Å². The van der Waals surface area contributed by atoms with Crippen molar-refractivity contribution in [2.45, 2.75) is 20.0 Å². The van der Waals surface area contributed by atoms with Crippen molar-refractivity contribution in [3.63, 3.8) is 0 Å². The summed E-state index contributed by atoms with van der Waals surface area (Å²) < 4.78 is 17.6. The lowest BCUT2D eigenvalue weighted by molar-refractivity contribution is 0.0929. The smallest absolute Gasteiger partial charge is 0.307 e. The van der Waals surface area contributed by atoms with Gasteiger partial charge in [-0.2, -0.15) is 5.10 Å². The number of ether oxygens (including phenoxy) is 2. The molecular weight excluding hydrogens is 535 g/mol. The van der Waals surface area contributed by atoms with Gasteiger partial charge >= 0.3 is 5.91 Å². The van der Waals surface area contributed by atoms with Crippen LogP contribution in [0.1, 0.15) is 34.2 Å². The molecule has 0 bridgehead atoms. The van der Waals surface area contributed by atoms with E-state index in [0.29, 0.717) is 50.7 Å². The van der Waals surface area contributed by atoms with E-state index in [9.17, 15) is 4.79 Å². The molecule has 1 heterocycles. The molecule has 0 atom stereocenters. The van der Waals surface area contributed by atoms with Crippen LogP contribution in [0.25, 0.3) is 11.0 Å². The molecule has 1 amide bonds. The van der Waals surface area contributed by atoms with Gasteiger partial charge in [-0.15, -0.1) is 6.58 Å². The number of benzene rings is 3. The molecule has 0 saturated heterocycles. The highest BCUT2D eigenvalue weighted by Gasteiger charge is 2.15. The predicted octanol–water partition coefficient (Wildman–Crippen LogP) is 7.86. The van der Waals surface area contributed by atoms with Crippen LogP contribution in [0.15, 0.2) is 76.8 Å². The first-order valence-corrected chi connectivity index (χ1v) is 12.5. The molecule has 0 aliphatic heterocycles. The Morgan fingerprint density at radius 3 is 2.57 bits per heavy atom. The van der Waals surface area contributed by atoms with Gasteiger partial charge in [0.25, 0.3) is 0 Å². The predicted molar refractivity (Wildman–Crippen MR) is 149 cm³/mol. The number of nitrogens with zero attached hydrogens (tertiary/aromatic N) is 1. The first-order chi connectivity index (χ1) is 17.9. The van der Waals surface area contributed by atoms with E-state index in [1.54, 1.807) is 48.5 Å². The van der Waals surface area contributed by atoms with Gasteiger partial charge in [-0.3, -0.25) is 4.79 Å². The topological polar surface area (TPSA) is 73.1 Å². The summed E-state index contributed by atoms with van der Waals surface area (Å²) in [5.41, 5.74) is 5.38. The number of hydrogen-bond acceptors (Lipinski definition) is 5. The van der Waals surface area contributed by atoms with E-state index < -0.39 is 5.91 Å². The molecule has 0 fully saturated rings. The summed E-state index contributed by atoms with van der Waals surface area (Å²) in [7, 11) is 0. The zero-order chi connectivity index (χ0) is 26.4. The molecule has 0 aliphatic rings. The third-order valence-corrected chi connectivity index (χ3v) is 6.11. The Balaban J connectivity index is 1.53. The number of furan rings is 1. The van der Waals surface area contributed by atoms with Gasteiger partial charge in [0.15, 0.2) is 17.3 Å². The van der Waals surface area contributed by atoms with E-state index in [1.165, 1.54) is 6.21 Å². The number of carbonyl (C=O) groups is 1. The second-order valence-electron chi connectivity index (χ2n) is 7.95. The molecule has 6 nitrogen and oxygen atoms in total. The van der Waals surface area contributed by atoms with E-state index in [1.807, 2.05) is 19.1 Å². The van der Waals surface area contributed by atoms with Crippen LogP contribution in [0.3, 0.4) is 0 Å². The summed E-state index contributed by atoms with van der Waals surface area (Å²) in [6.45, 7) is 6.39. The molecule has 0 unspecified atom stereocenters. The quantitative estimate of drug-likeness (QED) is 0.122. The van der Waals surface area contributed by atoms with Gasteiger partial charge in [0.1, 0.15) is 12.2 Å². The third-order valence-electron chi connectivity index (χ3n) is 5.29. The normalized spacial score (nSPS) is 11.1. The van der Waals surface area contributed by atoms with Crippen LogP contribution < -0.4 is 14.9 Å². The highest BCUT2D eigenvalue weighted by atomic mass is 35.5. The average molecular weight is 558 g/mol. The number of carbonyl (C=O) groups excluding carboxylic acids is 1. The number of nitrogens with one attached hydrogen (secondary N) is 1. The summed E-state index contributed by atoms with van der Waals surface area (Å²) >= 11 is 18.3. The lowest BCUT2D eigenvalue weighted by Gasteiger charge is -2.17. The van der Waals surface area contributed by atoms with Crippen molar-refractivity contribution in [2.75, 3.05) is 6.61 Å². The third kappa shape index (κ3) is 6.66. The summed E-state index contributed by atoms with van der Waals surface area (Å²) in [5.74, 6) is 0.754. The number of hydrogen-bond donors (Lipinski definition) is 1. The molecule has 0 saturated carbocycles. The average Bonchev–Trinajstić information content (AvgIpc) is 3.28. The fourth-order valence-electron chi connectivity index (χ4n) is 3.63. The minimum absolute atomic E-state index is 0.126. The molecule has 9 heteroatoms. The van der Waals surface area contributed by atoms with Crippen LogP contribution in [0.5, 0.6) is 11.5 Å². The molecule has 4 rings (SSSR count). The maximum Gasteiger partial charge on any atom is 0.307 e. The van der Waals surface area contributed by atoms with E-state index in [4.69, 9.17) is 48.7 Å². The maximum absolute atomic E-state index is 12.5. The van der Waals surface area contributed by atoms with Gasteiger partial charge in [0.05, 0.1) is 12.8 Å². The number of halogens is 3. The van der Waals surface area contributed by atoms with Gasteiger partial charge in [0.2, 0.25) is 0 Å². The van der Waals surface area contributed by atoms with Gasteiger partial charge in [-0.1, -0.05) is 46.9 Å². The van der Waals surface area contributed by atoms with Crippen molar-refractivity contribution in [2.24, 2.45) is 5.10 Å². The molecule has 1 aromatic heterocycles. The Bertz CT molecular complexity index is 1480. The van der Waals surface area contributed by atoms with Crippen LogP contribution in [0.4, 0.5) is 0 Å². The Hall–Kier alpha value is -3.45. The summed E-state index contributed by atoms with van der Waals surface area (Å²) in [6.07, 6.45) is 3.81. The summed E-state index contributed by atoms with van der Waals surface area (Å²) in [5, 5.41) is 6.44. The lowest BCUT2D eigenvalue weighted by atomic mass is 10.1. The number of rotatable bonds is 10. The molecule has 0 aliphatic carbocycles. The number of hydrazone groups is 1. The Labute approximate surface area is 229 Å². The molecule has 1 N–H and O–H groups in total. The maximum atomic E-state index is 12.5. The second kappa shape index (κ2) is 12.2. The highest BCUT2D eigenvalue weighted by Crippen LogP contribution is 2.35. The fourth-order valence-corrected chi connectivity index (χ4v) is 4.27. The monoisotopic (exact) mass is 556 g/mol. The van der Waals surface area contributed by atoms with E-state index >= 15 is 0 Å². The Morgan fingerprint density at radius 1 is 1.03 bits per heavy atom. The number of allylic oxidation sites excluding steroid dienone is 1. The second-order valence-corrected chi connectivity index (χ2v) is 9.23. The summed E-state index contributed by atoms with van der Waals surface area (Å²) in [4.78, 5) is 12.5. The minimum Gasteiger partial charge on any atom is -0.490 e. The van der Waals surface area contributed by atoms with Gasteiger partial charge in [-0.05, 0) is 67.4 Å². The van der Waals surface area contributed by atoms with Crippen LogP contribution in [0.2, 0.25) is 15.1 Å². The van der Waals surface area contributed by atoms with Crippen LogP contribution in [-0.4, -0.2) is 18.7 Å². The largest absolute Gasteiger partial charge is 0.490 e. The molecule has 190 valence electrons. The first kappa shape index (κ1) is 26.6. The molecule has 0 spiro atoms. The van der Waals surface area contributed by atoms with Crippen molar-refractivity contribution >= 4 is 57.9 Å². The molecule has 0 radical (unpaired) electrons. The molecule has 4 aromatic rings. The summed E-state index contributed by atoms with van der Waals surface area (Å²) in [6, 6.07) is 15.7. The van der Waals surface area contributed by atoms with E-state index in [2.05, 4.69) is 17.1 Å². The lowest BCUT2D eigenvalue weighted by Crippen LogP contribution is -2.16. The van der Waals surface area contributed by atoms with Crippen molar-refractivity contribution in [1.29, 1.82) is 0 Å². The van der Waals surface area contributed by atoms with E-state index in [0.717, 1.165) is 16.5 Å². The van der Waals surface area contributed by atoms with Crippen molar-refractivity contribution in [3.8, 4) is 11.5 Å². The molecule has 37 heavy (non-hydrogen) atoms.